The highest BCUT2D eigenvalue weighted by Gasteiger charge is 2.36. The van der Waals surface area contributed by atoms with E-state index in [0.29, 0.717) is 35.9 Å². The molecule has 0 aromatic carbocycles. The molecule has 1 fully saturated rings. The van der Waals surface area contributed by atoms with Gasteiger partial charge >= 0.3 is 5.97 Å². The molecule has 12 heteroatoms. The van der Waals surface area contributed by atoms with Crippen LogP contribution in [0, 0.1) is 12.8 Å². The topological polar surface area (TPSA) is 108 Å². The predicted octanol–water partition coefficient (Wildman–Crippen LogP) is 4.23. The van der Waals surface area contributed by atoms with Gasteiger partial charge in [-0.3, -0.25) is 4.79 Å². The number of carbonyl (C=O) groups excluding carboxylic acids is 1. The number of ether oxygens (including phenoxy) is 1. The number of Topliss-reactive ketones (excluding diaryl/α,β-unsaturated/α-hetero) is 1. The van der Waals surface area contributed by atoms with Crippen LogP contribution in [0.25, 0.3) is 0 Å². The molecule has 0 unspecified atom stereocenters. The van der Waals surface area contributed by atoms with Crippen molar-refractivity contribution in [2.45, 2.75) is 52.1 Å². The lowest BCUT2D eigenvalue weighted by atomic mass is 9.89. The summed E-state index contributed by atoms with van der Waals surface area (Å²) >= 11 is 7.06. The number of thiazole rings is 1. The lowest BCUT2D eigenvalue weighted by Gasteiger charge is -2.38. The minimum atomic E-state index is -3.02. The number of aryl methyl sites for hydroxylation is 2. The number of rotatable bonds is 9. The molecule has 0 bridgehead atoms. The number of carboxylic acid groups (broad SMARTS) is 1. The SMILES string of the molecule is CCc1[nH]c(C(=O)C[C@@H]2CCN(c3nc(C)c(C(=O)O)s3)C[C@@H]2OCC(C)(F)F)nc1Cl. The molecule has 3 heterocycles. The van der Waals surface area contributed by atoms with Crippen LogP contribution in [0.1, 0.15) is 58.4 Å². The normalized spacial score (nSPS) is 19.4. The quantitative estimate of drug-likeness (QED) is 0.506. The van der Waals surface area contributed by atoms with Crippen molar-refractivity contribution in [3.63, 3.8) is 0 Å². The minimum Gasteiger partial charge on any atom is -0.477 e. The van der Waals surface area contributed by atoms with Crippen molar-refractivity contribution in [2.75, 3.05) is 24.6 Å². The number of aromatic amines is 1. The second kappa shape index (κ2) is 9.80. The molecule has 2 N–H and O–H groups in total. The molecule has 3 rings (SSSR count). The maximum atomic E-state index is 13.5. The Morgan fingerprint density at radius 3 is 2.69 bits per heavy atom. The van der Waals surface area contributed by atoms with Crippen molar-refractivity contribution < 1.29 is 28.2 Å². The first-order chi connectivity index (χ1) is 15.0. The van der Waals surface area contributed by atoms with Crippen molar-refractivity contribution in [3.8, 4) is 0 Å². The van der Waals surface area contributed by atoms with Crippen molar-refractivity contribution in [3.05, 3.63) is 27.2 Å². The third-order valence-electron chi connectivity index (χ3n) is 5.29. The van der Waals surface area contributed by atoms with Crippen LogP contribution in [0.5, 0.6) is 0 Å². The van der Waals surface area contributed by atoms with Crippen LogP contribution in [0.3, 0.4) is 0 Å². The van der Waals surface area contributed by atoms with Crippen LogP contribution in [0.4, 0.5) is 13.9 Å². The van der Waals surface area contributed by atoms with Crippen LogP contribution < -0.4 is 4.90 Å². The van der Waals surface area contributed by atoms with Gasteiger partial charge in [0.1, 0.15) is 11.5 Å². The summed E-state index contributed by atoms with van der Waals surface area (Å²) in [6, 6.07) is 0. The number of hydrogen-bond acceptors (Lipinski definition) is 7. The summed E-state index contributed by atoms with van der Waals surface area (Å²) in [4.78, 5) is 37.4. The monoisotopic (exact) mass is 490 g/mol. The largest absolute Gasteiger partial charge is 0.477 e. The molecule has 2 aromatic heterocycles. The molecular formula is C20H25ClF2N4O4S. The van der Waals surface area contributed by atoms with Gasteiger partial charge in [-0.1, -0.05) is 29.9 Å². The molecule has 1 aliphatic rings. The molecule has 2 aromatic rings. The van der Waals surface area contributed by atoms with Gasteiger partial charge in [0, 0.05) is 26.4 Å². The summed E-state index contributed by atoms with van der Waals surface area (Å²) in [5, 5.41) is 10.0. The average molecular weight is 491 g/mol. The molecular weight excluding hydrogens is 466 g/mol. The van der Waals surface area contributed by atoms with Crippen molar-refractivity contribution >= 4 is 39.8 Å². The van der Waals surface area contributed by atoms with Crippen LogP contribution in [-0.4, -0.2) is 63.5 Å². The lowest BCUT2D eigenvalue weighted by Crippen LogP contribution is -2.47. The number of piperidine rings is 1. The van der Waals surface area contributed by atoms with E-state index >= 15 is 0 Å². The first-order valence-electron chi connectivity index (χ1n) is 10.2. The molecule has 1 aliphatic heterocycles. The highest BCUT2D eigenvalue weighted by molar-refractivity contribution is 7.17. The van der Waals surface area contributed by atoms with Crippen LogP contribution >= 0.6 is 22.9 Å². The van der Waals surface area contributed by atoms with E-state index in [4.69, 9.17) is 16.3 Å². The fourth-order valence-electron chi connectivity index (χ4n) is 3.62. The Kier molecular flexibility index (Phi) is 7.51. The van der Waals surface area contributed by atoms with Crippen LogP contribution in [0.2, 0.25) is 5.15 Å². The average Bonchev–Trinajstić information content (AvgIpc) is 3.29. The van der Waals surface area contributed by atoms with E-state index in [1.54, 1.807) is 6.92 Å². The number of carbonyl (C=O) groups is 2. The highest BCUT2D eigenvalue weighted by Crippen LogP contribution is 2.33. The van der Waals surface area contributed by atoms with Gasteiger partial charge < -0.3 is 19.7 Å². The molecule has 8 nitrogen and oxygen atoms in total. The van der Waals surface area contributed by atoms with Gasteiger partial charge in [0.25, 0.3) is 5.92 Å². The first kappa shape index (κ1) is 24.5. The summed E-state index contributed by atoms with van der Waals surface area (Å²) in [6.07, 6.45) is 0.493. The first-order valence-corrected chi connectivity index (χ1v) is 11.4. The Balaban J connectivity index is 1.76. The Morgan fingerprint density at radius 1 is 1.41 bits per heavy atom. The van der Waals surface area contributed by atoms with Crippen molar-refractivity contribution in [1.82, 2.24) is 15.0 Å². The summed E-state index contributed by atoms with van der Waals surface area (Å²) < 4.78 is 32.5. The number of nitrogens with zero attached hydrogens (tertiary/aromatic N) is 3. The van der Waals surface area contributed by atoms with E-state index < -0.39 is 24.6 Å². The van der Waals surface area contributed by atoms with Crippen molar-refractivity contribution in [1.29, 1.82) is 0 Å². The number of ketones is 1. The van der Waals surface area contributed by atoms with E-state index in [-0.39, 0.29) is 40.5 Å². The second-order valence-electron chi connectivity index (χ2n) is 7.97. The van der Waals surface area contributed by atoms with E-state index in [2.05, 4.69) is 15.0 Å². The molecule has 2 atom stereocenters. The fourth-order valence-corrected chi connectivity index (χ4v) is 4.83. The molecule has 0 radical (unpaired) electrons. The highest BCUT2D eigenvalue weighted by atomic mass is 35.5. The van der Waals surface area contributed by atoms with Gasteiger partial charge in [-0.05, 0) is 25.7 Å². The molecule has 1 saturated heterocycles. The van der Waals surface area contributed by atoms with Gasteiger partial charge in [-0.15, -0.1) is 0 Å². The lowest BCUT2D eigenvalue weighted by molar-refractivity contribution is -0.101. The number of alkyl halides is 2. The van der Waals surface area contributed by atoms with Gasteiger partial charge in [0.2, 0.25) is 0 Å². The Bertz CT molecular complexity index is 991. The van der Waals surface area contributed by atoms with E-state index in [1.165, 1.54) is 0 Å². The molecule has 176 valence electrons. The number of anilines is 1. The number of halogens is 3. The number of hydrogen-bond donors (Lipinski definition) is 2. The zero-order valence-electron chi connectivity index (χ0n) is 18.0. The number of imidazole rings is 1. The second-order valence-corrected chi connectivity index (χ2v) is 9.30. The third kappa shape index (κ3) is 5.81. The van der Waals surface area contributed by atoms with Crippen molar-refractivity contribution in [2.24, 2.45) is 5.92 Å². The number of nitrogens with one attached hydrogen (secondary N) is 1. The molecule has 0 aliphatic carbocycles. The Morgan fingerprint density at radius 2 is 2.12 bits per heavy atom. The standard InChI is InChI=1S/C20H25ClF2N4O4S/c1-4-12-16(21)26-17(25-12)13(28)7-11-5-6-27(8-14(11)31-9-20(3,22)23)19-24-10(2)15(32-19)18(29)30/h11,14H,4-9H2,1-3H3,(H,25,26)(H,29,30)/t11-,14-/m0/s1. The fraction of sp³-hybridized carbons (Fsp3) is 0.600. The zero-order chi connectivity index (χ0) is 23.6. The summed E-state index contributed by atoms with van der Waals surface area (Å²) in [6.45, 7) is 4.20. The number of carboxylic acids is 1. The summed E-state index contributed by atoms with van der Waals surface area (Å²) in [5.74, 6) is -4.50. The third-order valence-corrected chi connectivity index (χ3v) is 6.81. The minimum absolute atomic E-state index is 0.0675. The molecule has 0 saturated carbocycles. The molecule has 32 heavy (non-hydrogen) atoms. The smallest absolute Gasteiger partial charge is 0.347 e. The van der Waals surface area contributed by atoms with E-state index in [1.807, 2.05) is 11.8 Å². The van der Waals surface area contributed by atoms with Gasteiger partial charge in [0.15, 0.2) is 21.9 Å². The summed E-state index contributed by atoms with van der Waals surface area (Å²) in [5.41, 5.74) is 1.06. The Hall–Kier alpha value is -2.11. The van der Waals surface area contributed by atoms with E-state index in [0.717, 1.165) is 18.3 Å². The maximum Gasteiger partial charge on any atom is 0.347 e. The van der Waals surface area contributed by atoms with Crippen LogP contribution in [-0.2, 0) is 11.2 Å². The predicted molar refractivity (Wildman–Crippen MR) is 116 cm³/mol. The Labute approximate surface area is 193 Å². The molecule has 0 spiro atoms. The maximum absolute atomic E-state index is 13.5. The number of aromatic nitrogens is 3. The number of aromatic carboxylic acids is 1. The number of H-pyrrole nitrogens is 1. The summed E-state index contributed by atoms with van der Waals surface area (Å²) in [7, 11) is 0. The van der Waals surface area contributed by atoms with Gasteiger partial charge in [-0.25, -0.2) is 23.5 Å². The van der Waals surface area contributed by atoms with Crippen LogP contribution in [0.15, 0.2) is 0 Å². The van der Waals surface area contributed by atoms with E-state index in [9.17, 15) is 23.5 Å². The molecule has 0 amide bonds. The zero-order valence-corrected chi connectivity index (χ0v) is 19.5. The van der Waals surface area contributed by atoms with Gasteiger partial charge in [-0.2, -0.15) is 0 Å². The van der Waals surface area contributed by atoms with Gasteiger partial charge in [0.05, 0.1) is 17.5 Å².